The third kappa shape index (κ3) is 7.39. The van der Waals surface area contributed by atoms with Crippen LogP contribution in [-0.4, -0.2) is 38.0 Å². The second kappa shape index (κ2) is 14.9. The van der Waals surface area contributed by atoms with Crippen molar-refractivity contribution in [3.8, 4) is 11.4 Å². The van der Waals surface area contributed by atoms with Gasteiger partial charge in [0.25, 0.3) is 20.2 Å². The number of benzene rings is 6. The predicted octanol–water partition coefficient (Wildman–Crippen LogP) is 0.815. The Bertz CT molecular complexity index is 2610. The number of fused-ring (bicyclic) bond motifs is 4. The molecule has 50 heavy (non-hydrogen) atoms. The molecule has 0 fully saturated rings. The molecule has 7 aromatic rings. The molecule has 0 unspecified atom stereocenters. The summed E-state index contributed by atoms with van der Waals surface area (Å²) < 4.78 is 78.7. The molecule has 7 rings (SSSR count). The molecule has 1 aromatic heterocycles. The van der Waals surface area contributed by atoms with E-state index in [1.54, 1.807) is 42.5 Å². The normalized spacial score (nSPS) is 11.5. The number of aromatic nitrogens is 2. The summed E-state index contributed by atoms with van der Waals surface area (Å²) in [4.78, 5) is 4.11. The molecular weight excluding hydrogens is 699 g/mol. The molecule has 0 radical (unpaired) electrons. The minimum Gasteiger partial charge on any atom is -0.497 e. The molecule has 240 valence electrons. The van der Waals surface area contributed by atoms with Gasteiger partial charge in [0.05, 0.1) is 18.5 Å². The summed E-state index contributed by atoms with van der Waals surface area (Å²) in [6, 6.07) is 34.4. The quantitative estimate of drug-likeness (QED) is 0.0581. The Kier molecular flexibility index (Phi) is 11.2. The van der Waals surface area contributed by atoms with Gasteiger partial charge in [-0.3, -0.25) is 9.11 Å². The molecule has 0 atom stereocenters. The molecule has 0 aliphatic heterocycles. The van der Waals surface area contributed by atoms with E-state index in [9.17, 15) is 25.9 Å². The van der Waals surface area contributed by atoms with Crippen LogP contribution in [0.3, 0.4) is 0 Å². The molecule has 0 aliphatic carbocycles. The number of ether oxygens (including phenoxy) is 1. The van der Waals surface area contributed by atoms with Crippen molar-refractivity contribution in [3.63, 3.8) is 0 Å². The Morgan fingerprint density at radius 3 is 1.90 bits per heavy atom. The van der Waals surface area contributed by atoms with E-state index in [-0.39, 0.29) is 80.6 Å². The van der Waals surface area contributed by atoms with E-state index in [4.69, 9.17) is 9.72 Å². The van der Waals surface area contributed by atoms with Gasteiger partial charge in [0.2, 0.25) is 16.7 Å². The van der Waals surface area contributed by atoms with Crippen molar-refractivity contribution in [2.45, 2.75) is 9.79 Å². The van der Waals surface area contributed by atoms with Crippen LogP contribution in [0.2, 0.25) is 0 Å². The van der Waals surface area contributed by atoms with Crippen LogP contribution < -0.4 is 79.1 Å². The van der Waals surface area contributed by atoms with Crippen LogP contribution in [0.5, 0.6) is 5.75 Å². The van der Waals surface area contributed by atoms with Gasteiger partial charge in [-0.25, -0.2) is 4.98 Å². The Labute approximate surface area is 332 Å². The molecule has 0 spiro atoms. The zero-order valence-electron chi connectivity index (χ0n) is 27.2. The summed E-state index contributed by atoms with van der Waals surface area (Å²) in [5, 5.41) is 6.98. The number of anilines is 4. The van der Waals surface area contributed by atoms with Crippen LogP contribution in [0.15, 0.2) is 131 Å². The van der Waals surface area contributed by atoms with Gasteiger partial charge >= 0.3 is 59.1 Å². The summed E-state index contributed by atoms with van der Waals surface area (Å²) in [5.74, 6) is 0.538. The van der Waals surface area contributed by atoms with E-state index in [2.05, 4.69) is 10.6 Å². The van der Waals surface area contributed by atoms with Crippen LogP contribution in [0, 0.1) is 0 Å². The SMILES string of the molecule is COc1cccc(Nc2cc3c(cc2S(=O)(=O)O)nc2c4cccc(S(=O)(=O)O)c4c(Nc4ccccc4)cc2[n+]3-c2ccccc2)c1.[Na+].[Na+]. The fraction of sp³-hybridized carbons (Fsp3) is 0.0286. The topological polar surface area (TPSA) is 159 Å². The standard InChI is InChI=1S/C35H26N4O7S2.2Na/c1-46-25-15-8-12-23(18-25)37-28-19-30-27(21-33(28)48(43,44)45)38-35-26-16-9-17-32(47(40,41)42)34(26)29(36-22-10-4-2-5-11-22)20-31(35)39(30)24-13-6-3-7-14-24;;/h2-21H,1H3,(H3,36,37,40,41,42,43,44,45);;/q;2*+1/p+1. The van der Waals surface area contributed by atoms with Crippen molar-refractivity contribution in [1.29, 1.82) is 0 Å². The average Bonchev–Trinajstić information content (AvgIpc) is 3.07. The first-order valence-electron chi connectivity index (χ1n) is 14.5. The molecular formula is C35H27N4Na2O7S2+3. The van der Waals surface area contributed by atoms with Crippen molar-refractivity contribution in [2.75, 3.05) is 17.7 Å². The van der Waals surface area contributed by atoms with Gasteiger partial charge in [-0.1, -0.05) is 54.6 Å². The Hall–Kier alpha value is -3.60. The first-order chi connectivity index (χ1) is 23.0. The number of nitrogens with one attached hydrogen (secondary N) is 2. The molecule has 0 saturated heterocycles. The van der Waals surface area contributed by atoms with Crippen LogP contribution in [0.25, 0.3) is 38.5 Å². The second-order valence-electron chi connectivity index (χ2n) is 10.9. The van der Waals surface area contributed by atoms with Crippen LogP contribution in [0.1, 0.15) is 0 Å². The average molecular weight is 726 g/mol. The second-order valence-corrected chi connectivity index (χ2v) is 13.7. The van der Waals surface area contributed by atoms with Gasteiger partial charge in [-0.15, -0.1) is 4.57 Å². The molecule has 6 aromatic carbocycles. The maximum atomic E-state index is 12.8. The Morgan fingerprint density at radius 1 is 0.640 bits per heavy atom. The van der Waals surface area contributed by atoms with E-state index in [0.29, 0.717) is 50.4 Å². The molecule has 0 amide bonds. The minimum atomic E-state index is -4.77. The van der Waals surface area contributed by atoms with Gasteiger partial charge in [-0.05, 0) is 36.4 Å². The fourth-order valence-electron chi connectivity index (χ4n) is 5.80. The van der Waals surface area contributed by atoms with Crippen molar-refractivity contribution >= 4 is 75.8 Å². The van der Waals surface area contributed by atoms with Gasteiger partial charge in [0, 0.05) is 52.5 Å². The number of methoxy groups -OCH3 is 1. The van der Waals surface area contributed by atoms with Crippen molar-refractivity contribution in [3.05, 3.63) is 121 Å². The molecule has 11 nitrogen and oxygen atoms in total. The van der Waals surface area contributed by atoms with Crippen molar-refractivity contribution in [1.82, 2.24) is 4.98 Å². The monoisotopic (exact) mass is 725 g/mol. The molecule has 15 heteroatoms. The zero-order chi connectivity index (χ0) is 33.6. The van der Waals surface area contributed by atoms with E-state index in [0.717, 1.165) is 0 Å². The number of rotatable bonds is 8. The Balaban J connectivity index is 0.00000243. The molecule has 0 saturated carbocycles. The number of hydrogen-bond acceptors (Lipinski definition) is 8. The van der Waals surface area contributed by atoms with E-state index >= 15 is 0 Å². The van der Waals surface area contributed by atoms with E-state index < -0.39 is 25.1 Å². The van der Waals surface area contributed by atoms with Crippen LogP contribution in [-0.2, 0) is 20.2 Å². The molecule has 1 heterocycles. The molecule has 0 bridgehead atoms. The van der Waals surface area contributed by atoms with Gasteiger partial charge in [0.15, 0.2) is 0 Å². The fourth-order valence-corrected chi connectivity index (χ4v) is 7.18. The maximum Gasteiger partial charge on any atom is 1.00 e. The maximum absolute atomic E-state index is 12.8. The van der Waals surface area contributed by atoms with Crippen molar-refractivity contribution in [2.24, 2.45) is 0 Å². The van der Waals surface area contributed by atoms with E-state index in [1.165, 1.54) is 25.3 Å². The van der Waals surface area contributed by atoms with E-state index in [1.807, 2.05) is 65.2 Å². The summed E-state index contributed by atoms with van der Waals surface area (Å²) in [7, 11) is -7.94. The van der Waals surface area contributed by atoms with Gasteiger partial charge < -0.3 is 15.4 Å². The van der Waals surface area contributed by atoms with Gasteiger partial charge in [0.1, 0.15) is 26.6 Å². The summed E-state index contributed by atoms with van der Waals surface area (Å²) in [5.41, 5.74) is 3.87. The summed E-state index contributed by atoms with van der Waals surface area (Å²) in [6.07, 6.45) is 0. The van der Waals surface area contributed by atoms with Crippen molar-refractivity contribution < 1.29 is 94.4 Å². The largest absolute Gasteiger partial charge is 1.00 e. The first-order valence-corrected chi connectivity index (χ1v) is 17.4. The van der Waals surface area contributed by atoms with Crippen LogP contribution >= 0.6 is 0 Å². The minimum absolute atomic E-state index is 0. The third-order valence-corrected chi connectivity index (χ3v) is 9.63. The van der Waals surface area contributed by atoms with Crippen LogP contribution in [0.4, 0.5) is 22.7 Å². The predicted molar refractivity (Wildman–Crippen MR) is 184 cm³/mol. The zero-order valence-corrected chi connectivity index (χ0v) is 32.8. The van der Waals surface area contributed by atoms with Gasteiger partial charge in [-0.2, -0.15) is 16.8 Å². The third-order valence-electron chi connectivity index (χ3n) is 7.84. The smallest absolute Gasteiger partial charge is 0.497 e. The number of nitrogens with zero attached hydrogens (tertiary/aromatic N) is 2. The first kappa shape index (κ1) is 37.7. The Morgan fingerprint density at radius 2 is 1.24 bits per heavy atom. The summed E-state index contributed by atoms with van der Waals surface area (Å²) in [6.45, 7) is 0. The number of para-hydroxylation sites is 2. The molecule has 0 aliphatic rings. The molecule has 4 N–H and O–H groups in total. The number of hydrogen-bond donors (Lipinski definition) is 4. The summed E-state index contributed by atoms with van der Waals surface area (Å²) >= 11 is 0.